The van der Waals surface area contributed by atoms with Gasteiger partial charge in [-0.15, -0.1) is 0 Å². The number of methoxy groups -OCH3 is 2. The lowest BCUT2D eigenvalue weighted by molar-refractivity contribution is 0.261. The molecular formula is C9H11ClO3. The Kier molecular flexibility index (Phi) is 3.39. The zero-order valence-corrected chi connectivity index (χ0v) is 8.21. The van der Waals surface area contributed by atoms with E-state index in [1.54, 1.807) is 25.3 Å². The van der Waals surface area contributed by atoms with Gasteiger partial charge in [-0.2, -0.15) is 0 Å². The summed E-state index contributed by atoms with van der Waals surface area (Å²) in [6, 6.07) is 5.01. The van der Waals surface area contributed by atoms with Gasteiger partial charge in [-0.25, -0.2) is 0 Å². The van der Waals surface area contributed by atoms with E-state index in [1.165, 1.54) is 7.11 Å². The van der Waals surface area contributed by atoms with Crippen molar-refractivity contribution in [2.45, 2.75) is 5.56 Å². The van der Waals surface area contributed by atoms with E-state index in [0.717, 1.165) is 0 Å². The van der Waals surface area contributed by atoms with E-state index in [1.807, 2.05) is 0 Å². The Morgan fingerprint density at radius 2 is 1.85 bits per heavy atom. The van der Waals surface area contributed by atoms with E-state index in [9.17, 15) is 0 Å². The first-order valence-corrected chi connectivity index (χ1v) is 4.16. The molecule has 1 rings (SSSR count). The van der Waals surface area contributed by atoms with Crippen LogP contribution < -0.4 is 9.47 Å². The molecule has 0 saturated heterocycles. The molecule has 13 heavy (non-hydrogen) atoms. The van der Waals surface area contributed by atoms with E-state index in [0.29, 0.717) is 17.1 Å². The quantitative estimate of drug-likeness (QED) is 0.762. The van der Waals surface area contributed by atoms with E-state index >= 15 is 0 Å². The lowest BCUT2D eigenvalue weighted by atomic mass is 10.2. The molecule has 0 aliphatic carbocycles. The maximum Gasteiger partial charge on any atom is 0.161 e. The van der Waals surface area contributed by atoms with Gasteiger partial charge >= 0.3 is 0 Å². The highest BCUT2D eigenvalue weighted by Crippen LogP contribution is 2.30. The first-order valence-electron chi connectivity index (χ1n) is 3.73. The number of halogens is 1. The average molecular weight is 203 g/mol. The molecule has 0 bridgehead atoms. The van der Waals surface area contributed by atoms with Crippen LogP contribution in [0.1, 0.15) is 11.1 Å². The van der Waals surface area contributed by atoms with Gasteiger partial charge in [0.15, 0.2) is 17.1 Å². The third-order valence-corrected chi connectivity index (χ3v) is 1.93. The molecule has 1 N–H and O–H groups in total. The predicted octanol–water partition coefficient (Wildman–Crippen LogP) is 1.93. The third kappa shape index (κ3) is 2.26. The number of ether oxygens (including phenoxy) is 2. The average Bonchev–Trinajstić information content (AvgIpc) is 2.16. The number of alkyl halides is 1. The molecule has 1 aromatic carbocycles. The first-order chi connectivity index (χ1) is 6.19. The largest absolute Gasteiger partial charge is 0.493 e. The third-order valence-electron chi connectivity index (χ3n) is 1.68. The molecule has 72 valence electrons. The first kappa shape index (κ1) is 10.2. The maximum absolute atomic E-state index is 9.08. The fraction of sp³-hybridized carbons (Fsp3) is 0.333. The van der Waals surface area contributed by atoms with Crippen LogP contribution in [0.2, 0.25) is 0 Å². The van der Waals surface area contributed by atoms with Gasteiger partial charge in [-0.05, 0) is 17.7 Å². The van der Waals surface area contributed by atoms with Crippen LogP contribution in [0.5, 0.6) is 11.5 Å². The van der Waals surface area contributed by atoms with Crippen molar-refractivity contribution in [1.82, 2.24) is 0 Å². The van der Waals surface area contributed by atoms with Crippen molar-refractivity contribution in [2.75, 3.05) is 14.2 Å². The fourth-order valence-electron chi connectivity index (χ4n) is 1.00. The fourth-order valence-corrected chi connectivity index (χ4v) is 1.14. The number of hydrogen-bond acceptors (Lipinski definition) is 3. The highest BCUT2D eigenvalue weighted by Gasteiger charge is 2.08. The summed E-state index contributed by atoms with van der Waals surface area (Å²) in [5, 5.41) is 9.08. The molecule has 4 heteroatoms. The predicted molar refractivity (Wildman–Crippen MR) is 50.4 cm³/mol. The Hall–Kier alpha value is -0.930. The molecule has 0 aliphatic rings. The van der Waals surface area contributed by atoms with Crippen LogP contribution in [0, 0.1) is 0 Å². The molecule has 0 heterocycles. The van der Waals surface area contributed by atoms with Gasteiger partial charge < -0.3 is 14.6 Å². The monoisotopic (exact) mass is 202 g/mol. The van der Waals surface area contributed by atoms with Gasteiger partial charge in [0.05, 0.1) is 14.2 Å². The highest BCUT2D eigenvalue weighted by atomic mass is 35.5. The molecule has 0 aliphatic heterocycles. The number of aliphatic hydroxyl groups is 1. The molecule has 0 radical (unpaired) electrons. The minimum atomic E-state index is -1.01. The Morgan fingerprint density at radius 1 is 1.23 bits per heavy atom. The maximum atomic E-state index is 9.08. The van der Waals surface area contributed by atoms with Gasteiger partial charge in [0.1, 0.15) is 0 Å². The molecule has 1 atom stereocenters. The van der Waals surface area contributed by atoms with Crippen LogP contribution in [-0.4, -0.2) is 19.3 Å². The molecule has 3 nitrogen and oxygen atoms in total. The minimum absolute atomic E-state index is 0.555. The van der Waals surface area contributed by atoms with Crippen molar-refractivity contribution in [3.63, 3.8) is 0 Å². The van der Waals surface area contributed by atoms with Crippen LogP contribution >= 0.6 is 11.6 Å². The lowest BCUT2D eigenvalue weighted by Gasteiger charge is -2.09. The van der Waals surface area contributed by atoms with Crippen molar-refractivity contribution in [1.29, 1.82) is 0 Å². The van der Waals surface area contributed by atoms with Gasteiger partial charge in [0.2, 0.25) is 0 Å². The van der Waals surface area contributed by atoms with Crippen molar-refractivity contribution in [3.8, 4) is 11.5 Å². The summed E-state index contributed by atoms with van der Waals surface area (Å²) in [6.07, 6.45) is 0. The zero-order valence-electron chi connectivity index (χ0n) is 7.45. The second-order valence-electron chi connectivity index (χ2n) is 2.45. The number of benzene rings is 1. The van der Waals surface area contributed by atoms with Crippen molar-refractivity contribution in [2.24, 2.45) is 0 Å². The van der Waals surface area contributed by atoms with E-state index < -0.39 is 5.56 Å². The minimum Gasteiger partial charge on any atom is -0.493 e. The van der Waals surface area contributed by atoms with Crippen molar-refractivity contribution < 1.29 is 14.6 Å². The van der Waals surface area contributed by atoms with Crippen LogP contribution in [0.15, 0.2) is 18.2 Å². The summed E-state index contributed by atoms with van der Waals surface area (Å²) in [5.41, 5.74) is -0.431. The second kappa shape index (κ2) is 4.35. The van der Waals surface area contributed by atoms with E-state index in [-0.39, 0.29) is 0 Å². The Balaban J connectivity index is 3.05. The Morgan fingerprint density at radius 3 is 2.31 bits per heavy atom. The summed E-state index contributed by atoms with van der Waals surface area (Å²) < 4.78 is 10.1. The molecule has 0 saturated carbocycles. The number of aliphatic hydroxyl groups excluding tert-OH is 1. The number of hydrogen-bond donors (Lipinski definition) is 1. The number of rotatable bonds is 3. The van der Waals surface area contributed by atoms with Gasteiger partial charge in [-0.3, -0.25) is 0 Å². The summed E-state index contributed by atoms with van der Waals surface area (Å²) in [4.78, 5) is 0. The van der Waals surface area contributed by atoms with E-state index in [4.69, 9.17) is 26.2 Å². The highest BCUT2D eigenvalue weighted by molar-refractivity contribution is 6.19. The standard InChI is InChI=1S/C9H11ClO3/c1-12-7-4-3-6(9(10)11)5-8(7)13-2/h3-5,9,11H,1-2H3. The van der Waals surface area contributed by atoms with Crippen LogP contribution in [0.3, 0.4) is 0 Å². The van der Waals surface area contributed by atoms with Crippen LogP contribution in [0.25, 0.3) is 0 Å². The van der Waals surface area contributed by atoms with Gasteiger partial charge in [-0.1, -0.05) is 17.7 Å². The smallest absolute Gasteiger partial charge is 0.161 e. The lowest BCUT2D eigenvalue weighted by Crippen LogP contribution is -1.93. The molecule has 0 amide bonds. The topological polar surface area (TPSA) is 38.7 Å². The molecule has 0 fully saturated rings. The second-order valence-corrected chi connectivity index (χ2v) is 2.86. The van der Waals surface area contributed by atoms with Crippen molar-refractivity contribution in [3.05, 3.63) is 23.8 Å². The molecule has 0 aromatic heterocycles. The van der Waals surface area contributed by atoms with Gasteiger partial charge in [0, 0.05) is 0 Å². The Bertz CT molecular complexity index is 286. The molecule has 1 aromatic rings. The molecule has 0 spiro atoms. The summed E-state index contributed by atoms with van der Waals surface area (Å²) in [5.74, 6) is 1.17. The Labute approximate surface area is 81.9 Å². The summed E-state index contributed by atoms with van der Waals surface area (Å²) in [6.45, 7) is 0. The molecular weight excluding hydrogens is 192 g/mol. The normalized spacial score (nSPS) is 12.3. The van der Waals surface area contributed by atoms with Crippen LogP contribution in [0.4, 0.5) is 0 Å². The van der Waals surface area contributed by atoms with E-state index in [2.05, 4.69) is 0 Å². The summed E-state index contributed by atoms with van der Waals surface area (Å²) >= 11 is 5.49. The summed E-state index contributed by atoms with van der Waals surface area (Å²) in [7, 11) is 3.08. The SMILES string of the molecule is COc1ccc(C(O)Cl)cc1OC. The van der Waals surface area contributed by atoms with Gasteiger partial charge in [0.25, 0.3) is 0 Å². The molecule has 1 unspecified atom stereocenters. The van der Waals surface area contributed by atoms with Crippen molar-refractivity contribution >= 4 is 11.6 Å². The van der Waals surface area contributed by atoms with Crippen LogP contribution in [-0.2, 0) is 0 Å². The zero-order chi connectivity index (χ0) is 9.84.